The normalized spacial score (nSPS) is 17.2. The topological polar surface area (TPSA) is 41.6 Å². The number of nitrogens with one attached hydrogen (secondary N) is 1. The summed E-state index contributed by atoms with van der Waals surface area (Å²) in [4.78, 5) is 13.5. The largest absolute Gasteiger partial charge is 0.449 e. The molecular weight excluding hydrogens is 216 g/mol. The van der Waals surface area contributed by atoms with Crippen LogP contribution in [0, 0.1) is 5.92 Å². The molecule has 1 amide bonds. The maximum Gasteiger partial charge on any atom is 0.409 e. The van der Waals surface area contributed by atoms with Crippen molar-refractivity contribution in [1.82, 2.24) is 10.2 Å². The fourth-order valence-electron chi connectivity index (χ4n) is 1.85. The number of likely N-dealkylation sites (tertiary alicyclic amines) is 1. The summed E-state index contributed by atoms with van der Waals surface area (Å²) in [5.41, 5.74) is 0. The van der Waals surface area contributed by atoms with Crippen LogP contribution < -0.4 is 5.32 Å². The smallest absolute Gasteiger partial charge is 0.409 e. The summed E-state index contributed by atoms with van der Waals surface area (Å²) < 4.78 is 5.21. The van der Waals surface area contributed by atoms with Crippen LogP contribution in [0.4, 0.5) is 4.79 Å². The highest BCUT2D eigenvalue weighted by atomic mass is 16.6. The van der Waals surface area contributed by atoms with Crippen LogP contribution in [0.3, 0.4) is 0 Å². The van der Waals surface area contributed by atoms with Gasteiger partial charge in [0.05, 0.1) is 6.61 Å². The Morgan fingerprint density at radius 2 is 2.18 bits per heavy atom. The standard InChI is InChI=1S/C13H24N2O2/c1-4-7-14-12-5-8-15(9-6-12)13(16)17-10-11(2)3/h4,11-12,14H,1,5-10H2,2-3H3. The molecule has 0 aromatic heterocycles. The first-order chi connectivity index (χ1) is 8.13. The van der Waals surface area contributed by atoms with Crippen molar-refractivity contribution >= 4 is 6.09 Å². The minimum Gasteiger partial charge on any atom is -0.449 e. The highest BCUT2D eigenvalue weighted by Crippen LogP contribution is 2.11. The van der Waals surface area contributed by atoms with Crippen molar-refractivity contribution in [3.63, 3.8) is 0 Å². The van der Waals surface area contributed by atoms with Crippen molar-refractivity contribution in [3.8, 4) is 0 Å². The van der Waals surface area contributed by atoms with Crippen LogP contribution in [0.5, 0.6) is 0 Å². The zero-order valence-electron chi connectivity index (χ0n) is 10.9. The number of hydrogen-bond donors (Lipinski definition) is 1. The molecule has 4 heteroatoms. The summed E-state index contributed by atoms with van der Waals surface area (Å²) in [5.74, 6) is 0.394. The van der Waals surface area contributed by atoms with E-state index >= 15 is 0 Å². The Morgan fingerprint density at radius 3 is 2.71 bits per heavy atom. The van der Waals surface area contributed by atoms with Gasteiger partial charge in [0.1, 0.15) is 0 Å². The second-order valence-electron chi connectivity index (χ2n) is 4.93. The monoisotopic (exact) mass is 240 g/mol. The number of carbonyl (C=O) groups excluding carboxylic acids is 1. The van der Waals surface area contributed by atoms with Gasteiger partial charge in [-0.25, -0.2) is 4.79 Å². The molecule has 1 N–H and O–H groups in total. The summed E-state index contributed by atoms with van der Waals surface area (Å²) >= 11 is 0. The molecule has 0 atom stereocenters. The second-order valence-corrected chi connectivity index (χ2v) is 4.93. The number of amides is 1. The lowest BCUT2D eigenvalue weighted by Crippen LogP contribution is -2.45. The van der Waals surface area contributed by atoms with Gasteiger partial charge in [-0.2, -0.15) is 0 Å². The van der Waals surface area contributed by atoms with Crippen molar-refractivity contribution < 1.29 is 9.53 Å². The van der Waals surface area contributed by atoms with Gasteiger partial charge in [-0.3, -0.25) is 0 Å². The molecule has 1 rings (SSSR count). The third-order valence-electron chi connectivity index (χ3n) is 2.84. The van der Waals surface area contributed by atoms with E-state index in [9.17, 15) is 4.79 Å². The van der Waals surface area contributed by atoms with Gasteiger partial charge in [0.2, 0.25) is 0 Å². The SMILES string of the molecule is C=CCNC1CCN(C(=O)OCC(C)C)CC1. The average molecular weight is 240 g/mol. The Labute approximate surface area is 104 Å². The van der Waals surface area contributed by atoms with E-state index in [1.165, 1.54) is 0 Å². The highest BCUT2D eigenvalue weighted by molar-refractivity contribution is 5.67. The van der Waals surface area contributed by atoms with Gasteiger partial charge in [-0.1, -0.05) is 19.9 Å². The van der Waals surface area contributed by atoms with Crippen molar-refractivity contribution in [2.75, 3.05) is 26.2 Å². The fourth-order valence-corrected chi connectivity index (χ4v) is 1.85. The van der Waals surface area contributed by atoms with Crippen LogP contribution in [-0.2, 0) is 4.74 Å². The van der Waals surface area contributed by atoms with E-state index in [2.05, 4.69) is 11.9 Å². The van der Waals surface area contributed by atoms with Gasteiger partial charge in [0, 0.05) is 25.7 Å². The maximum atomic E-state index is 11.7. The molecular formula is C13H24N2O2. The van der Waals surface area contributed by atoms with Crippen LogP contribution in [0.2, 0.25) is 0 Å². The van der Waals surface area contributed by atoms with Gasteiger partial charge >= 0.3 is 6.09 Å². The Balaban J connectivity index is 2.21. The Hall–Kier alpha value is -1.03. The lowest BCUT2D eigenvalue weighted by Gasteiger charge is -2.31. The molecule has 0 aromatic rings. The van der Waals surface area contributed by atoms with Gasteiger partial charge in [-0.15, -0.1) is 6.58 Å². The molecule has 0 aliphatic carbocycles. The van der Waals surface area contributed by atoms with Crippen LogP contribution in [0.25, 0.3) is 0 Å². The van der Waals surface area contributed by atoms with Crippen molar-refractivity contribution in [2.24, 2.45) is 5.92 Å². The van der Waals surface area contributed by atoms with Crippen molar-refractivity contribution in [1.29, 1.82) is 0 Å². The van der Waals surface area contributed by atoms with Gasteiger partial charge in [-0.05, 0) is 18.8 Å². The quantitative estimate of drug-likeness (QED) is 0.747. The first-order valence-corrected chi connectivity index (χ1v) is 6.39. The summed E-state index contributed by atoms with van der Waals surface area (Å²) in [7, 11) is 0. The molecule has 17 heavy (non-hydrogen) atoms. The maximum absolute atomic E-state index is 11.7. The number of rotatable bonds is 5. The molecule has 0 saturated carbocycles. The van der Waals surface area contributed by atoms with Gasteiger partial charge < -0.3 is 15.0 Å². The molecule has 1 heterocycles. The van der Waals surface area contributed by atoms with Gasteiger partial charge in [0.25, 0.3) is 0 Å². The lowest BCUT2D eigenvalue weighted by atomic mass is 10.1. The minimum absolute atomic E-state index is 0.166. The van der Waals surface area contributed by atoms with Crippen LogP contribution in [-0.4, -0.2) is 43.3 Å². The predicted molar refractivity (Wildman–Crippen MR) is 69.0 cm³/mol. The zero-order valence-corrected chi connectivity index (χ0v) is 10.9. The van der Waals surface area contributed by atoms with Gasteiger partial charge in [0.15, 0.2) is 0 Å². The molecule has 0 bridgehead atoms. The molecule has 4 nitrogen and oxygen atoms in total. The Kier molecular flexibility index (Phi) is 6.05. The molecule has 98 valence electrons. The van der Waals surface area contributed by atoms with E-state index < -0.39 is 0 Å². The van der Waals surface area contributed by atoms with E-state index in [-0.39, 0.29) is 6.09 Å². The summed E-state index contributed by atoms with van der Waals surface area (Å²) in [6, 6.07) is 0.502. The molecule has 0 radical (unpaired) electrons. The number of carbonyl (C=O) groups is 1. The van der Waals surface area contributed by atoms with Crippen LogP contribution in [0.15, 0.2) is 12.7 Å². The molecule has 1 saturated heterocycles. The lowest BCUT2D eigenvalue weighted by molar-refractivity contribution is 0.0820. The Morgan fingerprint density at radius 1 is 1.53 bits per heavy atom. The van der Waals surface area contributed by atoms with E-state index in [4.69, 9.17) is 4.74 Å². The van der Waals surface area contributed by atoms with E-state index in [0.717, 1.165) is 32.5 Å². The second kappa shape index (κ2) is 7.33. The summed E-state index contributed by atoms with van der Waals surface area (Å²) in [6.45, 7) is 10.7. The van der Waals surface area contributed by atoms with Crippen LogP contribution >= 0.6 is 0 Å². The molecule has 0 aromatic carbocycles. The zero-order chi connectivity index (χ0) is 12.7. The number of hydrogen-bond acceptors (Lipinski definition) is 3. The fraction of sp³-hybridized carbons (Fsp3) is 0.769. The third-order valence-corrected chi connectivity index (χ3v) is 2.84. The predicted octanol–water partition coefficient (Wildman–Crippen LogP) is 2.02. The average Bonchev–Trinajstić information content (AvgIpc) is 2.34. The number of piperidine rings is 1. The first-order valence-electron chi connectivity index (χ1n) is 6.39. The van der Waals surface area contributed by atoms with E-state index in [0.29, 0.717) is 18.6 Å². The molecule has 1 aliphatic rings. The highest BCUT2D eigenvalue weighted by Gasteiger charge is 2.23. The molecule has 1 aliphatic heterocycles. The van der Waals surface area contributed by atoms with Crippen molar-refractivity contribution in [2.45, 2.75) is 32.7 Å². The van der Waals surface area contributed by atoms with Crippen LogP contribution in [0.1, 0.15) is 26.7 Å². The van der Waals surface area contributed by atoms with E-state index in [1.54, 1.807) is 4.90 Å². The number of ether oxygens (including phenoxy) is 1. The Bertz CT molecular complexity index is 246. The summed E-state index contributed by atoms with van der Waals surface area (Å²) in [6.07, 6.45) is 3.68. The number of nitrogens with zero attached hydrogens (tertiary/aromatic N) is 1. The first kappa shape index (κ1) is 14.0. The molecule has 1 fully saturated rings. The molecule has 0 spiro atoms. The van der Waals surface area contributed by atoms with Crippen molar-refractivity contribution in [3.05, 3.63) is 12.7 Å². The van der Waals surface area contributed by atoms with E-state index in [1.807, 2.05) is 19.9 Å². The minimum atomic E-state index is -0.166. The third kappa shape index (κ3) is 5.22. The summed E-state index contributed by atoms with van der Waals surface area (Å²) in [5, 5.41) is 3.38. The molecule has 0 unspecified atom stereocenters.